The van der Waals surface area contributed by atoms with Crippen LogP contribution in [-0.2, 0) is 0 Å². The van der Waals surface area contributed by atoms with E-state index in [1.807, 2.05) is 0 Å². The van der Waals surface area contributed by atoms with Crippen molar-refractivity contribution in [3.8, 4) is 0 Å². The van der Waals surface area contributed by atoms with Gasteiger partial charge in [-0.1, -0.05) is 71.4 Å². The van der Waals surface area contributed by atoms with E-state index in [0.717, 1.165) is 5.92 Å². The molecule has 0 heteroatoms. The number of hydrogen-bond donors (Lipinski definition) is 0. The molecule has 0 bridgehead atoms. The van der Waals surface area contributed by atoms with Crippen LogP contribution in [-0.4, -0.2) is 0 Å². The molecule has 116 valence electrons. The topological polar surface area (TPSA) is 0 Å². The Kier molecular flexibility index (Phi) is 8.26. The summed E-state index contributed by atoms with van der Waals surface area (Å²) in [7, 11) is 0. The molecule has 1 aliphatic carbocycles. The van der Waals surface area contributed by atoms with Crippen LogP contribution in [0.3, 0.4) is 0 Å². The van der Waals surface area contributed by atoms with Crippen molar-refractivity contribution in [1.29, 1.82) is 0 Å². The summed E-state index contributed by atoms with van der Waals surface area (Å²) in [6.07, 6.45) is 13.4. The fourth-order valence-electron chi connectivity index (χ4n) is 4.05. The lowest BCUT2D eigenvalue weighted by Gasteiger charge is -2.32. The third-order valence-corrected chi connectivity index (χ3v) is 5.09. The molecule has 1 rings (SSSR count). The zero-order valence-electron chi connectivity index (χ0n) is 14.6. The second-order valence-electron chi connectivity index (χ2n) is 6.25. The molecule has 1 aliphatic rings. The Hall–Kier alpha value is -0.520. The van der Waals surface area contributed by atoms with Crippen molar-refractivity contribution < 1.29 is 0 Å². The predicted octanol–water partition coefficient (Wildman–Crippen LogP) is 7.21. The van der Waals surface area contributed by atoms with E-state index in [1.54, 1.807) is 22.3 Å². The SMILES string of the molecule is CCCCCCC1CC(CC)=C(CC)C(CC)=C1CC. The maximum absolute atomic E-state index is 2.37. The standard InChI is InChI=1S/C20H36/c1-6-11-12-13-14-17-15-16(7-2)18(8-3)20(10-5)19(17)9-4/h17H,6-15H2,1-5H3. The van der Waals surface area contributed by atoms with Crippen molar-refractivity contribution in [2.24, 2.45) is 5.92 Å². The second-order valence-corrected chi connectivity index (χ2v) is 6.25. The molecule has 0 aromatic rings. The zero-order chi connectivity index (χ0) is 15.0. The maximum atomic E-state index is 2.37. The molecule has 1 unspecified atom stereocenters. The van der Waals surface area contributed by atoms with Crippen LogP contribution in [0.4, 0.5) is 0 Å². The van der Waals surface area contributed by atoms with Crippen LogP contribution in [0.5, 0.6) is 0 Å². The molecular weight excluding hydrogens is 240 g/mol. The molecule has 0 spiro atoms. The Labute approximate surface area is 127 Å². The minimum Gasteiger partial charge on any atom is -0.0664 e. The molecule has 0 amide bonds. The van der Waals surface area contributed by atoms with Gasteiger partial charge < -0.3 is 0 Å². The van der Waals surface area contributed by atoms with Gasteiger partial charge in [-0.05, 0) is 55.6 Å². The van der Waals surface area contributed by atoms with E-state index < -0.39 is 0 Å². The second kappa shape index (κ2) is 9.42. The summed E-state index contributed by atoms with van der Waals surface area (Å²) in [5, 5.41) is 0. The maximum Gasteiger partial charge on any atom is -0.0160 e. The lowest BCUT2D eigenvalue weighted by molar-refractivity contribution is 0.478. The van der Waals surface area contributed by atoms with E-state index in [9.17, 15) is 0 Å². The Morgan fingerprint density at radius 2 is 1.45 bits per heavy atom. The molecular formula is C20H36. The van der Waals surface area contributed by atoms with E-state index in [-0.39, 0.29) is 0 Å². The van der Waals surface area contributed by atoms with E-state index in [0.29, 0.717) is 0 Å². The first-order chi connectivity index (χ1) is 9.73. The molecule has 0 N–H and O–H groups in total. The highest BCUT2D eigenvalue weighted by Crippen LogP contribution is 2.42. The van der Waals surface area contributed by atoms with E-state index in [2.05, 4.69) is 34.6 Å². The average Bonchev–Trinajstić information content (AvgIpc) is 2.49. The summed E-state index contributed by atoms with van der Waals surface area (Å²) in [6.45, 7) is 11.7. The van der Waals surface area contributed by atoms with E-state index in [4.69, 9.17) is 0 Å². The molecule has 0 fully saturated rings. The fraction of sp³-hybridized carbons (Fsp3) is 0.800. The van der Waals surface area contributed by atoms with Crippen molar-refractivity contribution >= 4 is 0 Å². The van der Waals surface area contributed by atoms with Crippen LogP contribution in [0.2, 0.25) is 0 Å². The first-order valence-electron chi connectivity index (χ1n) is 9.16. The lowest BCUT2D eigenvalue weighted by Crippen LogP contribution is -2.16. The zero-order valence-corrected chi connectivity index (χ0v) is 14.6. The third kappa shape index (κ3) is 4.24. The van der Waals surface area contributed by atoms with Crippen LogP contribution >= 0.6 is 0 Å². The van der Waals surface area contributed by atoms with Crippen molar-refractivity contribution in [3.05, 3.63) is 22.3 Å². The summed E-state index contributed by atoms with van der Waals surface area (Å²) in [6, 6.07) is 0. The highest BCUT2D eigenvalue weighted by atomic mass is 14.3. The molecule has 20 heavy (non-hydrogen) atoms. The van der Waals surface area contributed by atoms with Crippen molar-refractivity contribution in [3.63, 3.8) is 0 Å². The smallest absolute Gasteiger partial charge is 0.0160 e. The van der Waals surface area contributed by atoms with Crippen LogP contribution in [0, 0.1) is 5.92 Å². The minimum absolute atomic E-state index is 0.858. The monoisotopic (exact) mass is 276 g/mol. The predicted molar refractivity (Wildman–Crippen MR) is 92.1 cm³/mol. The Bertz CT molecular complexity index is 343. The van der Waals surface area contributed by atoms with E-state index >= 15 is 0 Å². The molecule has 0 saturated carbocycles. The van der Waals surface area contributed by atoms with Crippen molar-refractivity contribution in [2.45, 2.75) is 98.8 Å². The quantitative estimate of drug-likeness (QED) is 0.390. The van der Waals surface area contributed by atoms with Crippen LogP contribution in [0.1, 0.15) is 98.8 Å². The number of allylic oxidation sites excluding steroid dienone is 4. The summed E-state index contributed by atoms with van der Waals surface area (Å²) in [5.41, 5.74) is 7.02. The summed E-state index contributed by atoms with van der Waals surface area (Å²) in [4.78, 5) is 0. The van der Waals surface area contributed by atoms with Gasteiger partial charge in [0.05, 0.1) is 0 Å². The first kappa shape index (κ1) is 17.5. The van der Waals surface area contributed by atoms with Gasteiger partial charge in [-0.3, -0.25) is 0 Å². The largest absolute Gasteiger partial charge is 0.0664 e. The van der Waals surface area contributed by atoms with Gasteiger partial charge in [-0.15, -0.1) is 0 Å². The third-order valence-electron chi connectivity index (χ3n) is 5.09. The van der Waals surface area contributed by atoms with Gasteiger partial charge >= 0.3 is 0 Å². The molecule has 0 nitrogen and oxygen atoms in total. The highest BCUT2D eigenvalue weighted by molar-refractivity contribution is 5.43. The lowest BCUT2D eigenvalue weighted by atomic mass is 9.73. The average molecular weight is 277 g/mol. The first-order valence-corrected chi connectivity index (χ1v) is 9.16. The Morgan fingerprint density at radius 1 is 0.750 bits per heavy atom. The molecule has 0 aromatic carbocycles. The van der Waals surface area contributed by atoms with Gasteiger partial charge in [-0.25, -0.2) is 0 Å². The Balaban J connectivity index is 2.88. The molecule has 0 radical (unpaired) electrons. The minimum atomic E-state index is 0.858. The molecule has 0 heterocycles. The summed E-state index contributed by atoms with van der Waals surface area (Å²) >= 11 is 0. The van der Waals surface area contributed by atoms with E-state index in [1.165, 1.54) is 64.2 Å². The fourth-order valence-corrected chi connectivity index (χ4v) is 4.05. The van der Waals surface area contributed by atoms with Gasteiger partial charge in [0.2, 0.25) is 0 Å². The van der Waals surface area contributed by atoms with Gasteiger partial charge in [0.15, 0.2) is 0 Å². The van der Waals surface area contributed by atoms with Crippen LogP contribution < -0.4 is 0 Å². The van der Waals surface area contributed by atoms with Gasteiger partial charge in [-0.2, -0.15) is 0 Å². The summed E-state index contributed by atoms with van der Waals surface area (Å²) < 4.78 is 0. The number of rotatable bonds is 9. The van der Waals surface area contributed by atoms with Gasteiger partial charge in [0, 0.05) is 0 Å². The molecule has 1 atom stereocenters. The van der Waals surface area contributed by atoms with Gasteiger partial charge in [0.1, 0.15) is 0 Å². The number of hydrogen-bond acceptors (Lipinski definition) is 0. The van der Waals surface area contributed by atoms with Crippen molar-refractivity contribution in [2.75, 3.05) is 0 Å². The van der Waals surface area contributed by atoms with Crippen LogP contribution in [0.25, 0.3) is 0 Å². The number of unbranched alkanes of at least 4 members (excludes halogenated alkanes) is 3. The highest BCUT2D eigenvalue weighted by Gasteiger charge is 2.25. The molecule has 0 aliphatic heterocycles. The Morgan fingerprint density at radius 3 is 1.95 bits per heavy atom. The van der Waals surface area contributed by atoms with Crippen molar-refractivity contribution in [1.82, 2.24) is 0 Å². The summed E-state index contributed by atoms with van der Waals surface area (Å²) in [5.74, 6) is 0.858. The molecule has 0 saturated heterocycles. The van der Waals surface area contributed by atoms with Crippen LogP contribution in [0.15, 0.2) is 22.3 Å². The molecule has 0 aromatic heterocycles. The van der Waals surface area contributed by atoms with Gasteiger partial charge in [0.25, 0.3) is 0 Å². The normalized spacial score (nSPS) is 19.9.